The van der Waals surface area contributed by atoms with Crippen LogP contribution in [0.5, 0.6) is 11.5 Å². The van der Waals surface area contributed by atoms with Crippen molar-refractivity contribution in [3.63, 3.8) is 0 Å². The molecule has 0 radical (unpaired) electrons. The molecule has 0 spiro atoms. The van der Waals surface area contributed by atoms with Crippen molar-refractivity contribution >= 4 is 9.84 Å². The van der Waals surface area contributed by atoms with E-state index in [1.54, 1.807) is 12.1 Å². The van der Waals surface area contributed by atoms with Gasteiger partial charge in [0.25, 0.3) is 0 Å². The molecule has 100 valence electrons. The summed E-state index contributed by atoms with van der Waals surface area (Å²) in [5.74, 6) is 1.08. The quantitative estimate of drug-likeness (QED) is 0.868. The minimum Gasteiger partial charge on any atom is -0.493 e. The Morgan fingerprint density at radius 2 is 1.83 bits per heavy atom. The van der Waals surface area contributed by atoms with Gasteiger partial charge in [-0.1, -0.05) is 0 Å². The zero-order valence-corrected chi connectivity index (χ0v) is 11.5. The molecular formula is C12H17NO4S. The molecule has 1 aliphatic heterocycles. The smallest absolute Gasteiger partial charge is 0.180 e. The largest absolute Gasteiger partial charge is 0.493 e. The molecule has 0 amide bonds. The highest BCUT2D eigenvalue weighted by Gasteiger charge is 2.27. The molecular weight excluding hydrogens is 254 g/mol. The van der Waals surface area contributed by atoms with Gasteiger partial charge in [-0.15, -0.1) is 0 Å². The predicted molar refractivity (Wildman–Crippen MR) is 67.9 cm³/mol. The first-order valence-corrected chi connectivity index (χ1v) is 7.34. The summed E-state index contributed by atoms with van der Waals surface area (Å²) in [6, 6.07) is 3.19. The summed E-state index contributed by atoms with van der Waals surface area (Å²) in [5.41, 5.74) is 0.719. The highest BCUT2D eigenvalue weighted by atomic mass is 32.2. The van der Waals surface area contributed by atoms with Crippen molar-refractivity contribution < 1.29 is 17.9 Å². The summed E-state index contributed by atoms with van der Waals surface area (Å²) in [4.78, 5) is 0.331. The second kappa shape index (κ2) is 4.78. The lowest BCUT2D eigenvalue weighted by Gasteiger charge is -2.12. The van der Waals surface area contributed by atoms with Crippen LogP contribution in [0.25, 0.3) is 0 Å². The van der Waals surface area contributed by atoms with Crippen LogP contribution in [0.15, 0.2) is 17.0 Å². The fourth-order valence-corrected chi connectivity index (χ4v) is 3.86. The molecule has 1 unspecified atom stereocenters. The van der Waals surface area contributed by atoms with Gasteiger partial charge in [-0.05, 0) is 18.6 Å². The van der Waals surface area contributed by atoms with Crippen molar-refractivity contribution in [1.29, 1.82) is 0 Å². The van der Waals surface area contributed by atoms with Gasteiger partial charge in [0.1, 0.15) is 0 Å². The van der Waals surface area contributed by atoms with Crippen molar-refractivity contribution in [1.82, 2.24) is 5.32 Å². The first kappa shape index (κ1) is 13.2. The number of sulfone groups is 1. The van der Waals surface area contributed by atoms with Gasteiger partial charge in [-0.3, -0.25) is 0 Å². The molecule has 0 aliphatic carbocycles. The summed E-state index contributed by atoms with van der Waals surface area (Å²) in [7, 11) is -0.256. The average Bonchev–Trinajstić information content (AvgIpc) is 2.44. The van der Waals surface area contributed by atoms with E-state index >= 15 is 0 Å². The van der Waals surface area contributed by atoms with E-state index in [-0.39, 0.29) is 11.8 Å². The predicted octanol–water partition coefficient (Wildman–Crippen LogP) is 0.969. The normalized spacial score (nSPS) is 21.8. The third-order valence-electron chi connectivity index (χ3n) is 3.01. The molecule has 0 bridgehead atoms. The number of rotatable bonds is 2. The molecule has 0 aromatic heterocycles. The molecule has 1 aromatic rings. The summed E-state index contributed by atoms with van der Waals surface area (Å²) in [5, 5.41) is 3.17. The Kier molecular flexibility index (Phi) is 3.49. The van der Waals surface area contributed by atoms with E-state index in [9.17, 15) is 8.42 Å². The Hall–Kier alpha value is -1.27. The highest BCUT2D eigenvalue weighted by Crippen LogP contribution is 2.34. The van der Waals surface area contributed by atoms with E-state index in [1.165, 1.54) is 14.2 Å². The number of fused-ring (bicyclic) bond motifs is 1. The van der Waals surface area contributed by atoms with E-state index < -0.39 is 9.84 Å². The average molecular weight is 271 g/mol. The second-order valence-corrected chi connectivity index (χ2v) is 6.38. The molecule has 2 rings (SSSR count). The molecule has 18 heavy (non-hydrogen) atoms. The van der Waals surface area contributed by atoms with E-state index in [1.807, 2.05) is 6.92 Å². The zero-order valence-electron chi connectivity index (χ0n) is 10.7. The van der Waals surface area contributed by atoms with Gasteiger partial charge in [0.05, 0.1) is 24.9 Å². The minimum atomic E-state index is -3.28. The number of hydrogen-bond donors (Lipinski definition) is 1. The molecule has 0 saturated carbocycles. The minimum absolute atomic E-state index is 0.0700. The number of ether oxygens (including phenoxy) is 2. The van der Waals surface area contributed by atoms with E-state index in [0.29, 0.717) is 22.9 Å². The third-order valence-corrected chi connectivity index (χ3v) is 5.00. The molecule has 5 nitrogen and oxygen atoms in total. The van der Waals surface area contributed by atoms with Crippen LogP contribution in [-0.4, -0.2) is 34.4 Å². The monoisotopic (exact) mass is 271 g/mol. The molecule has 6 heteroatoms. The number of benzene rings is 1. The van der Waals surface area contributed by atoms with E-state index in [0.717, 1.165) is 5.56 Å². The highest BCUT2D eigenvalue weighted by molar-refractivity contribution is 7.91. The Morgan fingerprint density at radius 1 is 1.22 bits per heavy atom. The van der Waals surface area contributed by atoms with Crippen LogP contribution in [0.3, 0.4) is 0 Å². The Balaban J connectivity index is 2.62. The lowest BCUT2D eigenvalue weighted by molar-refractivity contribution is 0.353. The van der Waals surface area contributed by atoms with Gasteiger partial charge in [-0.25, -0.2) is 8.42 Å². The summed E-state index contributed by atoms with van der Waals surface area (Å²) >= 11 is 0. The summed E-state index contributed by atoms with van der Waals surface area (Å²) in [6.07, 6.45) is 0. The van der Waals surface area contributed by atoms with Gasteiger partial charge < -0.3 is 14.8 Å². The maximum absolute atomic E-state index is 12.2. The fourth-order valence-electron chi connectivity index (χ4n) is 2.09. The van der Waals surface area contributed by atoms with Crippen molar-refractivity contribution in [3.05, 3.63) is 17.7 Å². The number of nitrogens with one attached hydrogen (secondary N) is 1. The lowest BCUT2D eigenvalue weighted by Crippen LogP contribution is -2.29. The second-order valence-electron chi connectivity index (χ2n) is 4.38. The lowest BCUT2D eigenvalue weighted by atomic mass is 10.2. The topological polar surface area (TPSA) is 64.6 Å². The fraction of sp³-hybridized carbons (Fsp3) is 0.500. The van der Waals surface area contributed by atoms with Crippen molar-refractivity contribution in [2.45, 2.75) is 24.4 Å². The molecule has 1 aromatic carbocycles. The van der Waals surface area contributed by atoms with Crippen LogP contribution < -0.4 is 14.8 Å². The maximum Gasteiger partial charge on any atom is 0.180 e. The van der Waals surface area contributed by atoms with Crippen LogP contribution in [-0.2, 0) is 16.4 Å². The first-order valence-electron chi connectivity index (χ1n) is 5.69. The SMILES string of the molecule is COc1cc2c(cc1OC)S(=O)(=O)CC(C)NC2. The van der Waals surface area contributed by atoms with Gasteiger partial charge in [-0.2, -0.15) is 0 Å². The first-order chi connectivity index (χ1) is 8.47. The number of hydrogen-bond acceptors (Lipinski definition) is 5. The third kappa shape index (κ3) is 2.30. The van der Waals surface area contributed by atoms with Crippen LogP contribution in [0, 0.1) is 0 Å². The van der Waals surface area contributed by atoms with Gasteiger partial charge in [0, 0.05) is 18.7 Å². The molecule has 0 fully saturated rings. The van der Waals surface area contributed by atoms with Crippen molar-refractivity contribution in [3.8, 4) is 11.5 Å². The Bertz CT molecular complexity index is 553. The summed E-state index contributed by atoms with van der Waals surface area (Å²) < 4.78 is 34.8. The number of methoxy groups -OCH3 is 2. The van der Waals surface area contributed by atoms with Crippen LogP contribution in [0.4, 0.5) is 0 Å². The molecule has 1 atom stereocenters. The van der Waals surface area contributed by atoms with Crippen LogP contribution in [0.2, 0.25) is 0 Å². The van der Waals surface area contributed by atoms with Crippen molar-refractivity contribution in [2.24, 2.45) is 0 Å². The standard InChI is InChI=1S/C12H17NO4S/c1-8-7-18(14,15)12-5-11(17-3)10(16-2)4-9(12)6-13-8/h4-5,8,13H,6-7H2,1-3H3. The van der Waals surface area contributed by atoms with Gasteiger partial charge in [0.15, 0.2) is 21.3 Å². The Morgan fingerprint density at radius 3 is 2.44 bits per heavy atom. The van der Waals surface area contributed by atoms with Crippen LogP contribution in [0.1, 0.15) is 12.5 Å². The van der Waals surface area contributed by atoms with Gasteiger partial charge >= 0.3 is 0 Å². The van der Waals surface area contributed by atoms with Crippen LogP contribution >= 0.6 is 0 Å². The van der Waals surface area contributed by atoms with E-state index in [4.69, 9.17) is 9.47 Å². The molecule has 1 aliphatic rings. The summed E-state index contributed by atoms with van der Waals surface area (Å²) in [6.45, 7) is 2.37. The Labute approximate surface area is 107 Å². The molecule has 1 heterocycles. The maximum atomic E-state index is 12.2. The zero-order chi connectivity index (χ0) is 13.3. The molecule has 1 N–H and O–H groups in total. The van der Waals surface area contributed by atoms with E-state index in [2.05, 4.69) is 5.32 Å². The van der Waals surface area contributed by atoms with Crippen molar-refractivity contribution in [2.75, 3.05) is 20.0 Å². The molecule has 0 saturated heterocycles. The van der Waals surface area contributed by atoms with Gasteiger partial charge in [0.2, 0.25) is 0 Å².